The van der Waals surface area contributed by atoms with E-state index in [4.69, 9.17) is 5.73 Å². The van der Waals surface area contributed by atoms with Gasteiger partial charge in [-0.1, -0.05) is 0 Å². The molecule has 0 unspecified atom stereocenters. The number of fused-ring (bicyclic) bond motifs is 1. The molecule has 0 amide bonds. The van der Waals surface area contributed by atoms with Crippen molar-refractivity contribution in [2.24, 2.45) is 0 Å². The van der Waals surface area contributed by atoms with Crippen LogP contribution in [0.4, 0.5) is 11.4 Å². The normalized spacial score (nSPS) is 20.0. The number of benzene rings is 1. The smallest absolute Gasteiger partial charge is 0.246 e. The van der Waals surface area contributed by atoms with Crippen LogP contribution in [-0.2, 0) is 10.0 Å². The summed E-state index contributed by atoms with van der Waals surface area (Å²) in [6.45, 7) is 0.346. The van der Waals surface area contributed by atoms with Crippen LogP contribution in [0.15, 0.2) is 23.1 Å². The lowest BCUT2D eigenvalue weighted by Crippen LogP contribution is -2.42. The first kappa shape index (κ1) is 10.3. The third kappa shape index (κ3) is 1.46. The maximum absolute atomic E-state index is 11.9. The van der Waals surface area contributed by atoms with Gasteiger partial charge in [0.05, 0.1) is 12.4 Å². The van der Waals surface area contributed by atoms with E-state index in [1.165, 1.54) is 4.31 Å². The topological polar surface area (TPSA) is 66.6 Å². The van der Waals surface area contributed by atoms with Gasteiger partial charge in [0, 0.05) is 19.8 Å². The van der Waals surface area contributed by atoms with Gasteiger partial charge in [0.15, 0.2) is 0 Å². The Hall–Kier alpha value is -1.27. The van der Waals surface area contributed by atoms with E-state index in [0.717, 1.165) is 0 Å². The number of sulfonamides is 1. The van der Waals surface area contributed by atoms with Crippen molar-refractivity contribution < 1.29 is 8.42 Å². The third-order valence-corrected chi connectivity index (χ3v) is 4.33. The van der Waals surface area contributed by atoms with E-state index in [0.29, 0.717) is 22.9 Å². The highest BCUT2D eigenvalue weighted by molar-refractivity contribution is 7.89. The summed E-state index contributed by atoms with van der Waals surface area (Å²) in [5, 5.41) is 0. The molecule has 0 aromatic heterocycles. The van der Waals surface area contributed by atoms with Gasteiger partial charge in [-0.15, -0.1) is 0 Å². The molecule has 1 aliphatic heterocycles. The van der Waals surface area contributed by atoms with Crippen LogP contribution in [0, 0.1) is 0 Å². The van der Waals surface area contributed by atoms with Gasteiger partial charge in [-0.25, -0.2) is 8.42 Å². The van der Waals surface area contributed by atoms with Crippen LogP contribution in [-0.4, -0.2) is 33.5 Å². The number of anilines is 2. The van der Waals surface area contributed by atoms with Crippen LogP contribution in [0.25, 0.3) is 0 Å². The molecule has 0 aliphatic carbocycles. The van der Waals surface area contributed by atoms with E-state index >= 15 is 0 Å². The van der Waals surface area contributed by atoms with E-state index in [1.54, 1.807) is 25.2 Å². The molecular weight excluding hydrogens is 214 g/mol. The van der Waals surface area contributed by atoms with Gasteiger partial charge in [-0.3, -0.25) is 0 Å². The molecule has 0 fully saturated rings. The van der Waals surface area contributed by atoms with Crippen molar-refractivity contribution in [3.8, 4) is 0 Å². The van der Waals surface area contributed by atoms with Gasteiger partial charge in [-0.2, -0.15) is 4.31 Å². The highest BCUT2D eigenvalue weighted by atomic mass is 32.2. The van der Waals surface area contributed by atoms with Gasteiger partial charge in [-0.05, 0) is 18.2 Å². The molecule has 0 bridgehead atoms. The van der Waals surface area contributed by atoms with Crippen molar-refractivity contribution in [2.75, 3.05) is 31.4 Å². The summed E-state index contributed by atoms with van der Waals surface area (Å²) in [4.78, 5) is 2.17. The van der Waals surface area contributed by atoms with E-state index in [2.05, 4.69) is 0 Å². The van der Waals surface area contributed by atoms with Gasteiger partial charge in [0.2, 0.25) is 10.0 Å². The molecule has 0 spiro atoms. The van der Waals surface area contributed by atoms with E-state index < -0.39 is 10.0 Å². The van der Waals surface area contributed by atoms with E-state index in [1.807, 2.05) is 11.9 Å². The van der Waals surface area contributed by atoms with Crippen LogP contribution >= 0.6 is 0 Å². The number of hydrogen-bond donors (Lipinski definition) is 1. The Kier molecular flexibility index (Phi) is 2.13. The van der Waals surface area contributed by atoms with Gasteiger partial charge in [0.1, 0.15) is 4.90 Å². The van der Waals surface area contributed by atoms with Crippen molar-refractivity contribution >= 4 is 21.4 Å². The molecule has 1 aromatic rings. The summed E-state index contributed by atoms with van der Waals surface area (Å²) in [5.74, 6) is 0. The number of nitrogens with zero attached hydrogens (tertiary/aromatic N) is 2. The van der Waals surface area contributed by atoms with E-state index in [-0.39, 0.29) is 0 Å². The lowest BCUT2D eigenvalue weighted by atomic mass is 10.2. The average molecular weight is 227 g/mol. The monoisotopic (exact) mass is 227 g/mol. The molecule has 0 saturated heterocycles. The molecule has 1 aliphatic rings. The quantitative estimate of drug-likeness (QED) is 0.647. The third-order valence-electron chi connectivity index (χ3n) is 2.49. The first-order valence-electron chi connectivity index (χ1n) is 4.50. The minimum absolute atomic E-state index is 0.313. The Bertz CT molecular complexity index is 498. The first-order chi connectivity index (χ1) is 6.93. The molecule has 1 aromatic carbocycles. The molecule has 0 saturated carbocycles. The highest BCUT2D eigenvalue weighted by Crippen LogP contribution is 2.32. The Morgan fingerprint density at radius 1 is 1.33 bits per heavy atom. The molecule has 0 radical (unpaired) electrons. The summed E-state index contributed by atoms with van der Waals surface area (Å²) in [6.07, 6.45) is 0. The zero-order chi connectivity index (χ0) is 11.2. The Morgan fingerprint density at radius 2 is 2.00 bits per heavy atom. The van der Waals surface area contributed by atoms with Crippen LogP contribution in [0.3, 0.4) is 0 Å². The number of nitrogens with two attached hydrogens (primary N) is 1. The molecule has 82 valence electrons. The fourth-order valence-corrected chi connectivity index (χ4v) is 3.05. The molecule has 0 atom stereocenters. The maximum atomic E-state index is 11.9. The highest BCUT2D eigenvalue weighted by Gasteiger charge is 2.31. The van der Waals surface area contributed by atoms with Crippen molar-refractivity contribution in [3.63, 3.8) is 0 Å². The molecule has 2 N–H and O–H groups in total. The fraction of sp³-hybridized carbons (Fsp3) is 0.333. The number of hydrogen-bond acceptors (Lipinski definition) is 4. The van der Waals surface area contributed by atoms with Crippen molar-refractivity contribution in [1.29, 1.82) is 0 Å². The average Bonchev–Trinajstić information content (AvgIpc) is 2.15. The zero-order valence-electron chi connectivity index (χ0n) is 8.64. The second-order valence-corrected chi connectivity index (χ2v) is 5.68. The summed E-state index contributed by atoms with van der Waals surface area (Å²) in [6, 6.07) is 4.83. The van der Waals surface area contributed by atoms with Crippen molar-refractivity contribution in [3.05, 3.63) is 18.2 Å². The molecular formula is C9H13N3O2S. The van der Waals surface area contributed by atoms with Crippen LogP contribution in [0.2, 0.25) is 0 Å². The predicted molar refractivity (Wildman–Crippen MR) is 59.1 cm³/mol. The first-order valence-corrected chi connectivity index (χ1v) is 5.94. The number of rotatable bonds is 0. The summed E-state index contributed by atoms with van der Waals surface area (Å²) in [7, 11) is 0.0631. The Morgan fingerprint density at radius 3 is 2.67 bits per heavy atom. The van der Waals surface area contributed by atoms with Crippen LogP contribution in [0.5, 0.6) is 0 Å². The summed E-state index contributed by atoms with van der Waals surface area (Å²) in [5.41, 5.74) is 6.86. The zero-order valence-corrected chi connectivity index (χ0v) is 9.45. The second kappa shape index (κ2) is 3.11. The summed E-state index contributed by atoms with van der Waals surface area (Å²) < 4.78 is 25.1. The molecule has 2 rings (SSSR count). The van der Waals surface area contributed by atoms with Gasteiger partial charge >= 0.3 is 0 Å². The predicted octanol–water partition coefficient (Wildman–Crippen LogP) is 0.297. The standard InChI is InChI=1S/C9H13N3O2S/c1-11-6-12(2)15(13,14)9-4-3-7(10)5-8(9)11/h3-5H,6,10H2,1-2H3. The van der Waals surface area contributed by atoms with Gasteiger partial charge < -0.3 is 10.6 Å². The maximum Gasteiger partial charge on any atom is 0.246 e. The lowest BCUT2D eigenvalue weighted by molar-refractivity contribution is 0.459. The van der Waals surface area contributed by atoms with Crippen molar-refractivity contribution in [2.45, 2.75) is 4.90 Å². The van der Waals surface area contributed by atoms with Crippen LogP contribution < -0.4 is 10.6 Å². The minimum Gasteiger partial charge on any atom is -0.399 e. The molecule has 1 heterocycles. The van der Waals surface area contributed by atoms with E-state index in [9.17, 15) is 8.42 Å². The number of nitrogen functional groups attached to an aromatic ring is 1. The van der Waals surface area contributed by atoms with Crippen molar-refractivity contribution in [1.82, 2.24) is 4.31 Å². The van der Waals surface area contributed by atoms with Gasteiger partial charge in [0.25, 0.3) is 0 Å². The SMILES string of the molecule is CN1CN(C)S(=O)(=O)c2ccc(N)cc21. The summed E-state index contributed by atoms with van der Waals surface area (Å²) >= 11 is 0. The molecule has 6 heteroatoms. The largest absolute Gasteiger partial charge is 0.399 e. The lowest BCUT2D eigenvalue weighted by Gasteiger charge is -2.33. The molecule has 5 nitrogen and oxygen atoms in total. The molecule has 15 heavy (non-hydrogen) atoms. The Labute approximate surface area is 89.1 Å². The van der Waals surface area contributed by atoms with Crippen LogP contribution in [0.1, 0.15) is 0 Å². The fourth-order valence-electron chi connectivity index (χ4n) is 1.67. The second-order valence-electron chi connectivity index (χ2n) is 3.67. The Balaban J connectivity index is 2.70. The minimum atomic E-state index is -3.33.